The normalized spacial score (nSPS) is 12.1. The van der Waals surface area contributed by atoms with E-state index >= 15 is 0 Å². The van der Waals surface area contributed by atoms with E-state index in [4.69, 9.17) is 10.8 Å². The fourth-order valence-electron chi connectivity index (χ4n) is 1.09. The Balaban J connectivity index is 2.87. The molecule has 0 fully saturated rings. The first-order valence-electron chi connectivity index (χ1n) is 4.55. The monoisotopic (exact) mass is 210 g/mol. The molecule has 0 heterocycles. The van der Waals surface area contributed by atoms with Gasteiger partial charge in [0.1, 0.15) is 0 Å². The minimum atomic E-state index is -0.457. The summed E-state index contributed by atoms with van der Waals surface area (Å²) in [6.45, 7) is 1.50. The Hall–Kier alpha value is -1.75. The lowest BCUT2D eigenvalue weighted by atomic mass is 10.1. The molecule has 0 spiro atoms. The van der Waals surface area contributed by atoms with Crippen LogP contribution in [0.1, 0.15) is 17.3 Å². The largest absolute Gasteiger partial charge is 0.505 e. The number of benzene rings is 1. The zero-order valence-corrected chi connectivity index (χ0v) is 8.40. The number of aliphatic hydroxyl groups is 1. The molecule has 0 aliphatic rings. The number of phenols is 1. The molecule has 0 aliphatic heterocycles. The van der Waals surface area contributed by atoms with Crippen LogP contribution in [-0.4, -0.2) is 28.8 Å². The van der Waals surface area contributed by atoms with Crippen molar-refractivity contribution >= 4 is 11.6 Å². The molecule has 0 aliphatic carbocycles. The molecule has 1 aromatic rings. The Bertz CT molecular complexity index is 366. The van der Waals surface area contributed by atoms with Gasteiger partial charge >= 0.3 is 0 Å². The first kappa shape index (κ1) is 11.3. The van der Waals surface area contributed by atoms with Crippen LogP contribution in [0.15, 0.2) is 18.2 Å². The maximum absolute atomic E-state index is 11.5. The van der Waals surface area contributed by atoms with Gasteiger partial charge in [0.2, 0.25) is 0 Å². The standard InChI is InChI=1S/C10H14N2O3/c1-6(5-13)12-10(15)7-3-2-4-8(11)9(7)14/h2-4,6,13-14H,5,11H2,1H3,(H,12,15)/t6-/m1/s1. The molecule has 5 N–H and O–H groups in total. The van der Waals surface area contributed by atoms with Crippen LogP contribution in [0.5, 0.6) is 5.75 Å². The summed E-state index contributed by atoms with van der Waals surface area (Å²) < 4.78 is 0. The number of carbonyl (C=O) groups is 1. The molecule has 0 aromatic heterocycles. The van der Waals surface area contributed by atoms with Gasteiger partial charge in [0, 0.05) is 6.04 Å². The van der Waals surface area contributed by atoms with Crippen molar-refractivity contribution in [3.63, 3.8) is 0 Å². The summed E-state index contributed by atoms with van der Waals surface area (Å²) in [5, 5.41) is 20.8. The number of rotatable bonds is 3. The molecule has 82 valence electrons. The number of hydrogen-bond acceptors (Lipinski definition) is 4. The lowest BCUT2D eigenvalue weighted by Gasteiger charge is -2.12. The van der Waals surface area contributed by atoms with Gasteiger partial charge < -0.3 is 21.3 Å². The van der Waals surface area contributed by atoms with E-state index in [1.165, 1.54) is 12.1 Å². The molecule has 0 saturated heterocycles. The fourth-order valence-corrected chi connectivity index (χ4v) is 1.09. The van der Waals surface area contributed by atoms with E-state index in [9.17, 15) is 9.90 Å². The highest BCUT2D eigenvalue weighted by atomic mass is 16.3. The fraction of sp³-hybridized carbons (Fsp3) is 0.300. The van der Waals surface area contributed by atoms with Gasteiger partial charge in [-0.05, 0) is 19.1 Å². The molecule has 1 atom stereocenters. The predicted octanol–water partition coefficient (Wildman–Crippen LogP) is 0.0850. The van der Waals surface area contributed by atoms with Gasteiger partial charge in [0.15, 0.2) is 5.75 Å². The summed E-state index contributed by atoms with van der Waals surface area (Å²) in [6, 6.07) is 4.18. The lowest BCUT2D eigenvalue weighted by Crippen LogP contribution is -2.35. The molecule has 0 bridgehead atoms. The van der Waals surface area contributed by atoms with E-state index in [1.807, 2.05) is 0 Å². The topological polar surface area (TPSA) is 95.6 Å². The first-order valence-corrected chi connectivity index (χ1v) is 4.55. The Morgan fingerprint density at radius 1 is 1.60 bits per heavy atom. The molecule has 5 nitrogen and oxygen atoms in total. The second-order valence-electron chi connectivity index (χ2n) is 3.30. The number of carbonyl (C=O) groups excluding carboxylic acids is 1. The predicted molar refractivity (Wildman–Crippen MR) is 56.5 cm³/mol. The second kappa shape index (κ2) is 4.65. The maximum Gasteiger partial charge on any atom is 0.255 e. The van der Waals surface area contributed by atoms with E-state index in [1.54, 1.807) is 13.0 Å². The third-order valence-corrected chi connectivity index (χ3v) is 1.96. The van der Waals surface area contributed by atoms with Crippen LogP contribution in [0.25, 0.3) is 0 Å². The molecule has 1 amide bonds. The third kappa shape index (κ3) is 2.60. The third-order valence-electron chi connectivity index (χ3n) is 1.96. The number of nitrogens with two attached hydrogens (primary N) is 1. The molecule has 15 heavy (non-hydrogen) atoms. The summed E-state index contributed by atoms with van der Waals surface area (Å²) in [6.07, 6.45) is 0. The van der Waals surface area contributed by atoms with Crippen molar-refractivity contribution in [3.05, 3.63) is 23.8 Å². The van der Waals surface area contributed by atoms with Crippen LogP contribution in [0, 0.1) is 0 Å². The molecular formula is C10H14N2O3. The van der Waals surface area contributed by atoms with Crippen molar-refractivity contribution in [3.8, 4) is 5.75 Å². The number of nitrogen functional groups attached to an aromatic ring is 1. The Morgan fingerprint density at radius 2 is 2.27 bits per heavy atom. The first-order chi connectivity index (χ1) is 7.06. The molecule has 0 radical (unpaired) electrons. The van der Waals surface area contributed by atoms with Gasteiger partial charge in [0.05, 0.1) is 17.9 Å². The van der Waals surface area contributed by atoms with Crippen molar-refractivity contribution < 1.29 is 15.0 Å². The molecule has 0 saturated carbocycles. The molecule has 5 heteroatoms. The van der Waals surface area contributed by atoms with Gasteiger partial charge in [-0.25, -0.2) is 0 Å². The van der Waals surface area contributed by atoms with Crippen LogP contribution in [-0.2, 0) is 0 Å². The van der Waals surface area contributed by atoms with E-state index in [0.717, 1.165) is 0 Å². The Labute approximate surface area is 87.5 Å². The van der Waals surface area contributed by atoms with Crippen LogP contribution < -0.4 is 11.1 Å². The summed E-state index contributed by atoms with van der Waals surface area (Å²) in [4.78, 5) is 11.5. The highest BCUT2D eigenvalue weighted by Crippen LogP contribution is 2.24. The number of aromatic hydroxyl groups is 1. The van der Waals surface area contributed by atoms with Crippen molar-refractivity contribution in [1.82, 2.24) is 5.32 Å². The zero-order valence-electron chi connectivity index (χ0n) is 8.40. The minimum absolute atomic E-state index is 0.107. The van der Waals surface area contributed by atoms with Crippen LogP contribution >= 0.6 is 0 Å². The van der Waals surface area contributed by atoms with Gasteiger partial charge in [-0.2, -0.15) is 0 Å². The van der Waals surface area contributed by atoms with E-state index in [0.29, 0.717) is 0 Å². The quantitative estimate of drug-likeness (QED) is 0.420. The van der Waals surface area contributed by atoms with Crippen LogP contribution in [0.4, 0.5) is 5.69 Å². The van der Waals surface area contributed by atoms with Crippen molar-refractivity contribution in [2.24, 2.45) is 0 Å². The van der Waals surface area contributed by atoms with E-state index in [2.05, 4.69) is 5.32 Å². The lowest BCUT2D eigenvalue weighted by molar-refractivity contribution is 0.0919. The van der Waals surface area contributed by atoms with E-state index in [-0.39, 0.29) is 29.6 Å². The summed E-state index contributed by atoms with van der Waals surface area (Å²) >= 11 is 0. The molecule has 1 aromatic carbocycles. The molecule has 0 unspecified atom stereocenters. The summed E-state index contributed by atoms with van der Waals surface area (Å²) in [5.41, 5.74) is 5.70. The van der Waals surface area contributed by atoms with Crippen molar-refractivity contribution in [1.29, 1.82) is 0 Å². The number of amides is 1. The number of phenolic OH excluding ortho intramolecular Hbond substituents is 1. The molecular weight excluding hydrogens is 196 g/mol. The second-order valence-corrected chi connectivity index (χ2v) is 3.30. The number of anilines is 1. The number of hydrogen-bond donors (Lipinski definition) is 4. The van der Waals surface area contributed by atoms with Gasteiger partial charge in [-0.3, -0.25) is 4.79 Å². The Morgan fingerprint density at radius 3 is 2.87 bits per heavy atom. The summed E-state index contributed by atoms with van der Waals surface area (Å²) in [5.74, 6) is -0.693. The number of nitrogens with one attached hydrogen (secondary N) is 1. The Kier molecular flexibility index (Phi) is 3.51. The van der Waals surface area contributed by atoms with Gasteiger partial charge in [0.25, 0.3) is 5.91 Å². The smallest absolute Gasteiger partial charge is 0.255 e. The van der Waals surface area contributed by atoms with Crippen molar-refractivity contribution in [2.75, 3.05) is 12.3 Å². The highest BCUT2D eigenvalue weighted by molar-refractivity contribution is 5.98. The summed E-state index contributed by atoms with van der Waals surface area (Å²) in [7, 11) is 0. The average Bonchev–Trinajstić information content (AvgIpc) is 2.21. The minimum Gasteiger partial charge on any atom is -0.505 e. The van der Waals surface area contributed by atoms with Crippen LogP contribution in [0.2, 0.25) is 0 Å². The average molecular weight is 210 g/mol. The molecule has 1 rings (SSSR count). The van der Waals surface area contributed by atoms with Gasteiger partial charge in [-0.15, -0.1) is 0 Å². The van der Waals surface area contributed by atoms with Gasteiger partial charge in [-0.1, -0.05) is 6.07 Å². The number of para-hydroxylation sites is 1. The highest BCUT2D eigenvalue weighted by Gasteiger charge is 2.14. The van der Waals surface area contributed by atoms with Crippen LogP contribution in [0.3, 0.4) is 0 Å². The van der Waals surface area contributed by atoms with E-state index < -0.39 is 5.91 Å². The maximum atomic E-state index is 11.5. The SMILES string of the molecule is C[C@H](CO)NC(=O)c1cccc(N)c1O. The van der Waals surface area contributed by atoms with Crippen molar-refractivity contribution in [2.45, 2.75) is 13.0 Å². The number of aliphatic hydroxyl groups excluding tert-OH is 1. The zero-order chi connectivity index (χ0) is 11.4.